The van der Waals surface area contributed by atoms with E-state index in [4.69, 9.17) is 14.7 Å². The molecule has 1 aromatic carbocycles. The topological polar surface area (TPSA) is 65.8 Å². The van der Waals surface area contributed by atoms with E-state index in [0.717, 1.165) is 39.0 Å². The number of rotatable bonds is 5. The fourth-order valence-electron chi connectivity index (χ4n) is 3.94. The van der Waals surface area contributed by atoms with Crippen LogP contribution in [0.15, 0.2) is 24.3 Å². The largest absolute Gasteiger partial charge is 0.484 e. The highest BCUT2D eigenvalue weighted by Crippen LogP contribution is 2.21. The zero-order valence-corrected chi connectivity index (χ0v) is 15.6. The Labute approximate surface area is 155 Å². The molecular formula is C20H27N3O3. The normalized spacial score (nSPS) is 26.5. The number of carbonyl (C=O) groups is 1. The molecule has 2 saturated heterocycles. The van der Waals surface area contributed by atoms with E-state index in [1.54, 1.807) is 24.3 Å². The van der Waals surface area contributed by atoms with Crippen LogP contribution in [0.3, 0.4) is 0 Å². The van der Waals surface area contributed by atoms with Gasteiger partial charge in [0.25, 0.3) is 5.91 Å². The molecule has 3 atom stereocenters. The smallest absolute Gasteiger partial charge is 0.260 e. The number of ether oxygens (including phenoxy) is 2. The number of morpholine rings is 1. The van der Waals surface area contributed by atoms with Crippen LogP contribution in [0.2, 0.25) is 0 Å². The van der Waals surface area contributed by atoms with Crippen molar-refractivity contribution < 1.29 is 14.3 Å². The van der Waals surface area contributed by atoms with E-state index in [0.29, 0.717) is 11.3 Å². The zero-order chi connectivity index (χ0) is 18.5. The number of nitrogens with zero attached hydrogens (tertiary/aromatic N) is 3. The Hall–Kier alpha value is -2.10. The third-order valence-corrected chi connectivity index (χ3v) is 5.01. The second-order valence-electron chi connectivity index (χ2n) is 7.28. The minimum Gasteiger partial charge on any atom is -0.484 e. The lowest BCUT2D eigenvalue weighted by Gasteiger charge is -2.38. The predicted octanol–water partition coefficient (Wildman–Crippen LogP) is 2.04. The lowest BCUT2D eigenvalue weighted by molar-refractivity contribution is -0.135. The number of carbonyl (C=O) groups excluding carboxylic acids is 1. The maximum Gasteiger partial charge on any atom is 0.260 e. The number of hydrogen-bond donors (Lipinski definition) is 0. The van der Waals surface area contributed by atoms with Gasteiger partial charge in [-0.2, -0.15) is 5.26 Å². The highest BCUT2D eigenvalue weighted by Gasteiger charge is 2.32. The average molecular weight is 357 g/mol. The first-order valence-electron chi connectivity index (χ1n) is 9.35. The molecule has 0 bridgehead atoms. The van der Waals surface area contributed by atoms with Gasteiger partial charge in [-0.15, -0.1) is 0 Å². The molecule has 0 N–H and O–H groups in total. The molecule has 3 rings (SSSR count). The van der Waals surface area contributed by atoms with Crippen LogP contribution >= 0.6 is 0 Å². The third kappa shape index (κ3) is 4.75. The van der Waals surface area contributed by atoms with Gasteiger partial charge in [-0.25, -0.2) is 0 Å². The summed E-state index contributed by atoms with van der Waals surface area (Å²) in [5.41, 5.74) is 0.581. The number of nitriles is 1. The molecule has 2 heterocycles. The Balaban J connectivity index is 1.51. The van der Waals surface area contributed by atoms with E-state index < -0.39 is 0 Å². The van der Waals surface area contributed by atoms with Crippen molar-refractivity contribution in [2.45, 2.75) is 44.9 Å². The molecule has 6 heteroatoms. The summed E-state index contributed by atoms with van der Waals surface area (Å²) in [7, 11) is 0. The van der Waals surface area contributed by atoms with E-state index in [1.807, 2.05) is 4.90 Å². The highest BCUT2D eigenvalue weighted by atomic mass is 16.5. The van der Waals surface area contributed by atoms with Gasteiger partial charge < -0.3 is 14.4 Å². The summed E-state index contributed by atoms with van der Waals surface area (Å²) in [6.07, 6.45) is 2.57. The van der Waals surface area contributed by atoms with E-state index >= 15 is 0 Å². The summed E-state index contributed by atoms with van der Waals surface area (Å²) in [6, 6.07) is 9.16. The molecular weight excluding hydrogens is 330 g/mol. The fourth-order valence-corrected chi connectivity index (χ4v) is 3.94. The zero-order valence-electron chi connectivity index (χ0n) is 15.6. The Morgan fingerprint density at radius 3 is 2.62 bits per heavy atom. The number of likely N-dealkylation sites (tertiary alicyclic amines) is 1. The van der Waals surface area contributed by atoms with Crippen LogP contribution in [0.25, 0.3) is 0 Å². The predicted molar refractivity (Wildman–Crippen MR) is 97.8 cm³/mol. The first-order valence-corrected chi connectivity index (χ1v) is 9.35. The number of hydrogen-bond acceptors (Lipinski definition) is 5. The Morgan fingerprint density at radius 2 is 1.96 bits per heavy atom. The van der Waals surface area contributed by atoms with Crippen LogP contribution in [0.5, 0.6) is 5.75 Å². The van der Waals surface area contributed by atoms with E-state index in [2.05, 4.69) is 24.8 Å². The molecule has 2 fully saturated rings. The van der Waals surface area contributed by atoms with Crippen LogP contribution in [0, 0.1) is 11.3 Å². The van der Waals surface area contributed by atoms with Crippen molar-refractivity contribution in [3.8, 4) is 11.8 Å². The number of amides is 1. The monoisotopic (exact) mass is 357 g/mol. The molecule has 2 aliphatic heterocycles. The fraction of sp³-hybridized carbons (Fsp3) is 0.600. The van der Waals surface area contributed by atoms with Crippen molar-refractivity contribution >= 4 is 5.91 Å². The molecule has 6 nitrogen and oxygen atoms in total. The SMILES string of the molecule is C[C@@H]1CN(C[C@@H]2CCCN2C(=O)COc2ccc(C#N)cc2)C[C@@H](C)O1. The van der Waals surface area contributed by atoms with Gasteiger partial charge in [0.2, 0.25) is 0 Å². The van der Waals surface area contributed by atoms with Crippen molar-refractivity contribution in [1.29, 1.82) is 5.26 Å². The molecule has 1 amide bonds. The minimum atomic E-state index is 0.0335. The number of benzene rings is 1. The molecule has 0 radical (unpaired) electrons. The van der Waals surface area contributed by atoms with Gasteiger partial charge in [0.1, 0.15) is 5.75 Å². The van der Waals surface area contributed by atoms with Gasteiger partial charge >= 0.3 is 0 Å². The van der Waals surface area contributed by atoms with E-state index in [9.17, 15) is 4.79 Å². The second-order valence-corrected chi connectivity index (χ2v) is 7.28. The lowest BCUT2D eigenvalue weighted by atomic mass is 10.1. The summed E-state index contributed by atoms with van der Waals surface area (Å²) in [6.45, 7) is 7.79. The van der Waals surface area contributed by atoms with E-state index in [-0.39, 0.29) is 30.8 Å². The van der Waals surface area contributed by atoms with E-state index in [1.165, 1.54) is 0 Å². The van der Waals surface area contributed by atoms with Crippen molar-refractivity contribution in [3.63, 3.8) is 0 Å². The van der Waals surface area contributed by atoms with Gasteiger partial charge in [0.15, 0.2) is 6.61 Å². The molecule has 0 unspecified atom stereocenters. The van der Waals surface area contributed by atoms with Crippen molar-refractivity contribution in [3.05, 3.63) is 29.8 Å². The van der Waals surface area contributed by atoms with Crippen molar-refractivity contribution in [2.75, 3.05) is 32.8 Å². The van der Waals surface area contributed by atoms with Crippen molar-refractivity contribution in [1.82, 2.24) is 9.80 Å². The molecule has 26 heavy (non-hydrogen) atoms. The highest BCUT2D eigenvalue weighted by molar-refractivity contribution is 5.78. The van der Waals surface area contributed by atoms with Gasteiger partial charge in [-0.3, -0.25) is 9.69 Å². The van der Waals surface area contributed by atoms with Crippen LogP contribution in [0.4, 0.5) is 0 Å². The maximum atomic E-state index is 12.6. The summed E-state index contributed by atoms with van der Waals surface area (Å²) < 4.78 is 11.4. The summed E-state index contributed by atoms with van der Waals surface area (Å²) in [5.74, 6) is 0.648. The van der Waals surface area contributed by atoms with Crippen molar-refractivity contribution in [2.24, 2.45) is 0 Å². The molecule has 0 aromatic heterocycles. The Kier molecular flexibility index (Phi) is 6.12. The van der Waals surface area contributed by atoms with Gasteiger partial charge in [0, 0.05) is 32.2 Å². The Bertz CT molecular complexity index is 645. The maximum absolute atomic E-state index is 12.6. The molecule has 140 valence electrons. The van der Waals surface area contributed by atoms with Crippen LogP contribution in [0.1, 0.15) is 32.3 Å². The van der Waals surface area contributed by atoms with Crippen LogP contribution < -0.4 is 4.74 Å². The summed E-state index contributed by atoms with van der Waals surface area (Å²) in [4.78, 5) is 17.0. The molecule has 0 saturated carbocycles. The molecule has 2 aliphatic rings. The first-order chi connectivity index (χ1) is 12.5. The standard InChI is InChI=1S/C20H27N3O3/c1-15-11-22(12-16(2)26-15)13-18-4-3-9-23(18)20(24)14-25-19-7-5-17(10-21)6-8-19/h5-8,15-16,18H,3-4,9,11-14H2,1-2H3/t15-,16-,18+/m1/s1. The molecule has 0 spiro atoms. The van der Waals surface area contributed by atoms with Crippen LogP contribution in [-0.4, -0.2) is 66.7 Å². The summed E-state index contributed by atoms with van der Waals surface area (Å²) in [5, 5.41) is 8.82. The van der Waals surface area contributed by atoms with Gasteiger partial charge in [-0.1, -0.05) is 0 Å². The minimum absolute atomic E-state index is 0.0335. The van der Waals surface area contributed by atoms with Gasteiger partial charge in [0.05, 0.1) is 23.8 Å². The Morgan fingerprint density at radius 1 is 1.27 bits per heavy atom. The third-order valence-electron chi connectivity index (χ3n) is 5.01. The quantitative estimate of drug-likeness (QED) is 0.807. The second kappa shape index (κ2) is 8.52. The van der Waals surface area contributed by atoms with Gasteiger partial charge in [-0.05, 0) is 51.0 Å². The molecule has 0 aliphatic carbocycles. The first kappa shape index (κ1) is 18.7. The molecule has 1 aromatic rings. The van der Waals surface area contributed by atoms with Crippen LogP contribution in [-0.2, 0) is 9.53 Å². The lowest BCUT2D eigenvalue weighted by Crippen LogP contribution is -2.51. The average Bonchev–Trinajstić information content (AvgIpc) is 3.07. The summed E-state index contributed by atoms with van der Waals surface area (Å²) >= 11 is 0.